The summed E-state index contributed by atoms with van der Waals surface area (Å²) in [5.41, 5.74) is 2.73. The van der Waals surface area contributed by atoms with Gasteiger partial charge in [0.25, 0.3) is 5.91 Å². The van der Waals surface area contributed by atoms with Crippen molar-refractivity contribution in [3.8, 4) is 5.75 Å². The number of hydrogen-bond acceptors (Lipinski definition) is 4. The second-order valence-electron chi connectivity index (χ2n) is 8.15. The summed E-state index contributed by atoms with van der Waals surface area (Å²) in [4.78, 5) is 38.7. The lowest BCUT2D eigenvalue weighted by atomic mass is 10.1. The zero-order valence-corrected chi connectivity index (χ0v) is 18.8. The predicted octanol–water partition coefficient (Wildman–Crippen LogP) is 3.05. The molecule has 1 heterocycles. The molecule has 0 radical (unpaired) electrons. The number of benzene rings is 3. The van der Waals surface area contributed by atoms with Gasteiger partial charge in [-0.05, 0) is 35.4 Å². The van der Waals surface area contributed by atoms with Gasteiger partial charge in [-0.1, -0.05) is 60.7 Å². The van der Waals surface area contributed by atoms with Crippen molar-refractivity contribution in [2.45, 2.75) is 19.5 Å². The highest BCUT2D eigenvalue weighted by molar-refractivity contribution is 6.00. The Bertz CT molecular complexity index is 1120. The number of hydrogen-bond donors (Lipinski definition) is 2. The van der Waals surface area contributed by atoms with Crippen molar-refractivity contribution in [3.05, 3.63) is 96.1 Å². The Labute approximate surface area is 198 Å². The summed E-state index contributed by atoms with van der Waals surface area (Å²) in [5.74, 6) is -0.287. The van der Waals surface area contributed by atoms with Gasteiger partial charge in [-0.3, -0.25) is 14.4 Å². The third-order valence-corrected chi connectivity index (χ3v) is 5.66. The molecule has 3 aromatic rings. The highest BCUT2D eigenvalue weighted by Gasteiger charge is 2.35. The smallest absolute Gasteiger partial charge is 0.258 e. The molecule has 34 heavy (non-hydrogen) atoms. The molecule has 3 aromatic carbocycles. The first-order valence-corrected chi connectivity index (χ1v) is 11.2. The van der Waals surface area contributed by atoms with Crippen LogP contribution in [0.4, 0.5) is 5.69 Å². The average Bonchev–Trinajstić information content (AvgIpc) is 3.28. The Balaban J connectivity index is 1.24. The van der Waals surface area contributed by atoms with E-state index in [0.717, 1.165) is 11.1 Å². The molecule has 2 N–H and O–H groups in total. The van der Waals surface area contributed by atoms with Crippen LogP contribution in [0.2, 0.25) is 0 Å². The van der Waals surface area contributed by atoms with E-state index in [-0.39, 0.29) is 36.7 Å². The molecule has 1 atom stereocenters. The van der Waals surface area contributed by atoms with Crippen LogP contribution in [0.1, 0.15) is 17.5 Å². The molecule has 3 amide bonds. The number of amides is 3. The molecule has 174 valence electrons. The minimum Gasteiger partial charge on any atom is -0.484 e. The SMILES string of the molecule is O=C(COc1ccc(N2C[C@H](C(=O)NCc3ccccc3)CC2=O)cc1)NCc1ccccc1. The number of anilines is 1. The van der Waals surface area contributed by atoms with Gasteiger partial charge >= 0.3 is 0 Å². The van der Waals surface area contributed by atoms with E-state index in [0.29, 0.717) is 31.1 Å². The minimum atomic E-state index is -0.388. The van der Waals surface area contributed by atoms with Crippen molar-refractivity contribution in [2.24, 2.45) is 5.92 Å². The standard InChI is InChI=1S/C27H27N3O4/c31-25(28-16-20-7-3-1-4-8-20)19-34-24-13-11-23(12-14-24)30-18-22(15-26(30)32)27(33)29-17-21-9-5-2-6-10-21/h1-14,22H,15-19H2,(H,28,31)(H,29,33)/t22-/m1/s1. The predicted molar refractivity (Wildman–Crippen MR) is 129 cm³/mol. The van der Waals surface area contributed by atoms with E-state index >= 15 is 0 Å². The van der Waals surface area contributed by atoms with Gasteiger partial charge < -0.3 is 20.3 Å². The molecule has 0 aliphatic carbocycles. The molecule has 0 aromatic heterocycles. The summed E-state index contributed by atoms with van der Waals surface area (Å²) < 4.78 is 5.55. The number of nitrogens with one attached hydrogen (secondary N) is 2. The van der Waals surface area contributed by atoms with Crippen LogP contribution in [-0.4, -0.2) is 30.9 Å². The van der Waals surface area contributed by atoms with Crippen molar-refractivity contribution in [3.63, 3.8) is 0 Å². The van der Waals surface area contributed by atoms with Crippen molar-refractivity contribution in [2.75, 3.05) is 18.1 Å². The van der Waals surface area contributed by atoms with Gasteiger partial charge in [0.1, 0.15) is 5.75 Å². The van der Waals surface area contributed by atoms with Gasteiger partial charge in [-0.2, -0.15) is 0 Å². The van der Waals surface area contributed by atoms with Crippen LogP contribution in [0, 0.1) is 5.92 Å². The Morgan fingerprint density at radius 3 is 2.03 bits per heavy atom. The van der Waals surface area contributed by atoms with E-state index in [2.05, 4.69) is 10.6 Å². The van der Waals surface area contributed by atoms with E-state index in [4.69, 9.17) is 4.74 Å². The monoisotopic (exact) mass is 457 g/mol. The van der Waals surface area contributed by atoms with E-state index in [9.17, 15) is 14.4 Å². The molecule has 1 fully saturated rings. The fourth-order valence-corrected chi connectivity index (χ4v) is 3.78. The molecular formula is C27H27N3O4. The maximum atomic E-state index is 12.5. The Morgan fingerprint density at radius 2 is 1.41 bits per heavy atom. The van der Waals surface area contributed by atoms with Gasteiger partial charge in [-0.15, -0.1) is 0 Å². The van der Waals surface area contributed by atoms with E-state index in [1.807, 2.05) is 60.7 Å². The minimum absolute atomic E-state index is 0.0891. The molecule has 0 bridgehead atoms. The maximum Gasteiger partial charge on any atom is 0.258 e. The van der Waals surface area contributed by atoms with Gasteiger partial charge in [0.2, 0.25) is 11.8 Å². The number of nitrogens with zero attached hydrogens (tertiary/aromatic N) is 1. The summed E-state index contributed by atoms with van der Waals surface area (Å²) in [6.45, 7) is 1.12. The van der Waals surface area contributed by atoms with Crippen LogP contribution in [0.3, 0.4) is 0 Å². The molecule has 1 aliphatic rings. The molecule has 7 heteroatoms. The number of carbonyl (C=O) groups excluding carboxylic acids is 3. The second-order valence-corrected chi connectivity index (χ2v) is 8.15. The summed E-state index contributed by atoms with van der Waals surface area (Å²) in [6.07, 6.45) is 0.181. The zero-order valence-electron chi connectivity index (χ0n) is 18.8. The first-order chi connectivity index (χ1) is 16.6. The third kappa shape index (κ3) is 6.22. The van der Waals surface area contributed by atoms with Crippen molar-refractivity contribution in [1.29, 1.82) is 0 Å². The quantitative estimate of drug-likeness (QED) is 0.517. The normalized spacial score (nSPS) is 15.1. The summed E-state index contributed by atoms with van der Waals surface area (Å²) in [7, 11) is 0. The van der Waals surface area contributed by atoms with Crippen LogP contribution in [0.15, 0.2) is 84.9 Å². The highest BCUT2D eigenvalue weighted by atomic mass is 16.5. The first kappa shape index (κ1) is 23.0. The molecule has 1 saturated heterocycles. The average molecular weight is 458 g/mol. The molecule has 0 unspecified atom stereocenters. The van der Waals surface area contributed by atoms with Crippen molar-refractivity contribution >= 4 is 23.4 Å². The van der Waals surface area contributed by atoms with E-state index in [1.165, 1.54) is 0 Å². The summed E-state index contributed by atoms with van der Waals surface area (Å²) in [5, 5.41) is 5.73. The molecule has 1 aliphatic heterocycles. The van der Waals surface area contributed by atoms with Crippen molar-refractivity contribution < 1.29 is 19.1 Å². The third-order valence-electron chi connectivity index (χ3n) is 5.66. The Kier molecular flexibility index (Phi) is 7.55. The van der Waals surface area contributed by atoms with Crippen LogP contribution in [-0.2, 0) is 27.5 Å². The molecule has 0 saturated carbocycles. The highest BCUT2D eigenvalue weighted by Crippen LogP contribution is 2.27. The van der Waals surface area contributed by atoms with E-state index in [1.54, 1.807) is 29.2 Å². The number of rotatable bonds is 9. The lowest BCUT2D eigenvalue weighted by molar-refractivity contribution is -0.126. The maximum absolute atomic E-state index is 12.5. The van der Waals surface area contributed by atoms with Gasteiger partial charge in [-0.25, -0.2) is 0 Å². The Hall–Kier alpha value is -4.13. The van der Waals surface area contributed by atoms with Crippen LogP contribution >= 0.6 is 0 Å². The number of carbonyl (C=O) groups is 3. The molecule has 4 rings (SSSR count). The second kappa shape index (κ2) is 11.1. The molecule has 7 nitrogen and oxygen atoms in total. The van der Waals surface area contributed by atoms with Crippen molar-refractivity contribution in [1.82, 2.24) is 10.6 Å². The van der Waals surface area contributed by atoms with Gasteiger partial charge in [0.05, 0.1) is 5.92 Å². The van der Waals surface area contributed by atoms with Crippen LogP contribution < -0.4 is 20.3 Å². The topological polar surface area (TPSA) is 87.7 Å². The van der Waals surface area contributed by atoms with Crippen LogP contribution in [0.25, 0.3) is 0 Å². The van der Waals surface area contributed by atoms with E-state index < -0.39 is 0 Å². The molecule has 0 spiro atoms. The largest absolute Gasteiger partial charge is 0.484 e. The zero-order chi connectivity index (χ0) is 23.8. The van der Waals surface area contributed by atoms with Gasteiger partial charge in [0, 0.05) is 31.7 Å². The lowest BCUT2D eigenvalue weighted by Crippen LogP contribution is -2.32. The Morgan fingerprint density at radius 1 is 0.824 bits per heavy atom. The number of ether oxygens (including phenoxy) is 1. The fourth-order valence-electron chi connectivity index (χ4n) is 3.78. The van der Waals surface area contributed by atoms with Gasteiger partial charge in [0.15, 0.2) is 6.61 Å². The fraction of sp³-hybridized carbons (Fsp3) is 0.222. The van der Waals surface area contributed by atoms with Crippen LogP contribution in [0.5, 0.6) is 5.75 Å². The summed E-state index contributed by atoms with van der Waals surface area (Å²) >= 11 is 0. The lowest BCUT2D eigenvalue weighted by Gasteiger charge is -2.17. The first-order valence-electron chi connectivity index (χ1n) is 11.2. The molecular weight excluding hydrogens is 430 g/mol. The summed E-state index contributed by atoms with van der Waals surface area (Å²) in [6, 6.07) is 26.3.